The van der Waals surface area contributed by atoms with Gasteiger partial charge in [-0.2, -0.15) is 0 Å². The van der Waals surface area contributed by atoms with Crippen molar-refractivity contribution in [3.63, 3.8) is 0 Å². The largest absolute Gasteiger partial charge is 0.377 e. The van der Waals surface area contributed by atoms with E-state index in [-0.39, 0.29) is 0 Å². The molecule has 18 heavy (non-hydrogen) atoms. The molecule has 0 bridgehead atoms. The number of hydrogen-bond donors (Lipinski definition) is 1. The van der Waals surface area contributed by atoms with E-state index in [0.717, 1.165) is 11.0 Å². The number of rotatable bonds is 3. The Kier molecular flexibility index (Phi) is 3.80. The zero-order valence-electron chi connectivity index (χ0n) is 10.2. The van der Waals surface area contributed by atoms with Crippen molar-refractivity contribution in [1.29, 1.82) is 0 Å². The molecule has 0 fully saturated rings. The molecular formula is C13H14BrClN2O. The minimum atomic E-state index is -1.21. The topological polar surface area (TPSA) is 38.0 Å². The highest BCUT2D eigenvalue weighted by molar-refractivity contribution is 9.10. The van der Waals surface area contributed by atoms with Crippen molar-refractivity contribution in [3.05, 3.63) is 51.5 Å². The summed E-state index contributed by atoms with van der Waals surface area (Å²) in [6, 6.07) is 5.43. The monoisotopic (exact) mass is 328 g/mol. The first-order valence-electron chi connectivity index (χ1n) is 5.66. The Labute approximate surface area is 120 Å². The Bertz CT molecular complexity index is 566. The van der Waals surface area contributed by atoms with Crippen molar-refractivity contribution in [3.8, 4) is 0 Å². The van der Waals surface area contributed by atoms with E-state index in [4.69, 9.17) is 11.6 Å². The molecule has 2 rings (SSSR count). The van der Waals surface area contributed by atoms with Gasteiger partial charge in [-0.25, -0.2) is 4.98 Å². The van der Waals surface area contributed by atoms with E-state index < -0.39 is 5.60 Å². The minimum absolute atomic E-state index is 0.514. The summed E-state index contributed by atoms with van der Waals surface area (Å²) in [7, 11) is 0. The second-order valence-electron chi connectivity index (χ2n) is 4.23. The molecule has 0 radical (unpaired) electrons. The summed E-state index contributed by atoms with van der Waals surface area (Å²) in [6.45, 7) is 4.46. The molecule has 0 aliphatic carbocycles. The molecule has 0 saturated carbocycles. The van der Waals surface area contributed by atoms with Crippen LogP contribution in [0.5, 0.6) is 0 Å². The van der Waals surface area contributed by atoms with Crippen LogP contribution in [0.15, 0.2) is 35.1 Å². The molecule has 1 N–H and O–H groups in total. The highest BCUT2D eigenvalue weighted by atomic mass is 79.9. The van der Waals surface area contributed by atoms with Gasteiger partial charge in [0.2, 0.25) is 0 Å². The zero-order valence-corrected chi connectivity index (χ0v) is 12.5. The fourth-order valence-corrected chi connectivity index (χ4v) is 2.85. The van der Waals surface area contributed by atoms with Crippen LogP contribution in [0.3, 0.4) is 0 Å². The van der Waals surface area contributed by atoms with Gasteiger partial charge in [-0.15, -0.1) is 0 Å². The van der Waals surface area contributed by atoms with Gasteiger partial charge in [0.1, 0.15) is 11.4 Å². The number of aliphatic hydroxyl groups is 1. The van der Waals surface area contributed by atoms with Gasteiger partial charge in [0, 0.05) is 34.0 Å². The number of halogens is 2. The molecule has 96 valence electrons. The summed E-state index contributed by atoms with van der Waals surface area (Å²) in [5.41, 5.74) is -0.564. The molecule has 2 aromatic rings. The van der Waals surface area contributed by atoms with E-state index >= 15 is 0 Å². The molecule has 0 saturated heterocycles. The van der Waals surface area contributed by atoms with Gasteiger partial charge in [0.05, 0.1) is 0 Å². The van der Waals surface area contributed by atoms with E-state index in [1.54, 1.807) is 25.3 Å². The lowest BCUT2D eigenvalue weighted by molar-refractivity contribution is 0.0883. The van der Waals surface area contributed by atoms with E-state index in [9.17, 15) is 5.11 Å². The molecule has 5 heteroatoms. The third kappa shape index (κ3) is 2.32. The normalized spacial score (nSPS) is 14.5. The number of aromatic nitrogens is 2. The number of hydrogen-bond acceptors (Lipinski definition) is 2. The molecule has 0 aliphatic heterocycles. The van der Waals surface area contributed by atoms with E-state index in [2.05, 4.69) is 20.9 Å². The van der Waals surface area contributed by atoms with Crippen LogP contribution in [0, 0.1) is 0 Å². The average molecular weight is 330 g/mol. The van der Waals surface area contributed by atoms with Gasteiger partial charge < -0.3 is 9.67 Å². The van der Waals surface area contributed by atoms with Gasteiger partial charge in [0.15, 0.2) is 0 Å². The van der Waals surface area contributed by atoms with Crippen molar-refractivity contribution in [2.45, 2.75) is 26.0 Å². The predicted molar refractivity (Wildman–Crippen MR) is 75.7 cm³/mol. The van der Waals surface area contributed by atoms with Crippen LogP contribution in [-0.2, 0) is 12.1 Å². The second kappa shape index (κ2) is 5.03. The van der Waals surface area contributed by atoms with E-state index in [1.807, 2.05) is 23.8 Å². The summed E-state index contributed by atoms with van der Waals surface area (Å²) in [4.78, 5) is 4.24. The summed E-state index contributed by atoms with van der Waals surface area (Å²) >= 11 is 9.55. The van der Waals surface area contributed by atoms with Crippen molar-refractivity contribution in [2.24, 2.45) is 0 Å². The maximum atomic E-state index is 10.7. The highest BCUT2D eigenvalue weighted by Crippen LogP contribution is 2.34. The molecular weight excluding hydrogens is 316 g/mol. The maximum absolute atomic E-state index is 10.7. The maximum Gasteiger partial charge on any atom is 0.146 e. The second-order valence-corrected chi connectivity index (χ2v) is 5.56. The summed E-state index contributed by atoms with van der Waals surface area (Å²) in [5, 5.41) is 11.3. The molecule has 3 nitrogen and oxygen atoms in total. The summed E-state index contributed by atoms with van der Waals surface area (Å²) in [6.07, 6.45) is 3.52. The van der Waals surface area contributed by atoms with Crippen LogP contribution in [0.4, 0.5) is 0 Å². The first-order chi connectivity index (χ1) is 8.46. The van der Waals surface area contributed by atoms with E-state index in [1.165, 1.54) is 0 Å². The fraction of sp³-hybridized carbons (Fsp3) is 0.308. The quantitative estimate of drug-likeness (QED) is 0.935. The first-order valence-corrected chi connectivity index (χ1v) is 6.83. The predicted octanol–water partition coefficient (Wildman–Crippen LogP) is 3.57. The van der Waals surface area contributed by atoms with Crippen molar-refractivity contribution in [1.82, 2.24) is 9.55 Å². The summed E-state index contributed by atoms with van der Waals surface area (Å²) in [5.74, 6) is 0.592. The molecule has 0 spiro atoms. The van der Waals surface area contributed by atoms with Crippen molar-refractivity contribution in [2.75, 3.05) is 0 Å². The molecule has 0 amide bonds. The lowest BCUT2D eigenvalue weighted by Gasteiger charge is -2.25. The zero-order chi connectivity index (χ0) is 13.3. The van der Waals surface area contributed by atoms with Gasteiger partial charge in [0.25, 0.3) is 0 Å². The summed E-state index contributed by atoms with van der Waals surface area (Å²) < 4.78 is 2.78. The number of benzene rings is 1. The Morgan fingerprint density at radius 3 is 2.83 bits per heavy atom. The Balaban J connectivity index is 2.54. The minimum Gasteiger partial charge on any atom is -0.377 e. The molecule has 1 aromatic carbocycles. The highest BCUT2D eigenvalue weighted by Gasteiger charge is 2.32. The first kappa shape index (κ1) is 13.6. The molecule has 1 heterocycles. The number of nitrogens with zero attached hydrogens (tertiary/aromatic N) is 2. The lowest BCUT2D eigenvalue weighted by Crippen LogP contribution is -2.27. The van der Waals surface area contributed by atoms with Gasteiger partial charge in [-0.1, -0.05) is 33.6 Å². The van der Waals surface area contributed by atoms with Crippen LogP contribution < -0.4 is 0 Å². The molecule has 1 atom stereocenters. The van der Waals surface area contributed by atoms with Crippen molar-refractivity contribution < 1.29 is 5.11 Å². The van der Waals surface area contributed by atoms with Crippen LogP contribution in [0.25, 0.3) is 0 Å². The van der Waals surface area contributed by atoms with Crippen LogP contribution in [0.2, 0.25) is 5.02 Å². The molecule has 0 aliphatic rings. The van der Waals surface area contributed by atoms with Gasteiger partial charge >= 0.3 is 0 Å². The van der Waals surface area contributed by atoms with Crippen LogP contribution in [0.1, 0.15) is 25.2 Å². The Hall–Kier alpha value is -0.840. The third-order valence-corrected chi connectivity index (χ3v) is 3.75. The SMILES string of the molecule is CCn1ccnc1C(C)(O)c1ccc(Br)cc1Cl. The Morgan fingerprint density at radius 2 is 2.22 bits per heavy atom. The molecule has 1 unspecified atom stereocenters. The fourth-order valence-electron chi connectivity index (χ4n) is 1.99. The lowest BCUT2D eigenvalue weighted by atomic mass is 9.95. The molecule has 1 aromatic heterocycles. The smallest absolute Gasteiger partial charge is 0.146 e. The van der Waals surface area contributed by atoms with E-state index in [0.29, 0.717) is 16.4 Å². The number of imidazole rings is 1. The van der Waals surface area contributed by atoms with Gasteiger partial charge in [-0.3, -0.25) is 0 Å². The average Bonchev–Trinajstić information content (AvgIpc) is 2.76. The van der Waals surface area contributed by atoms with Crippen molar-refractivity contribution >= 4 is 27.5 Å². The van der Waals surface area contributed by atoms with Crippen LogP contribution >= 0.6 is 27.5 Å². The van der Waals surface area contributed by atoms with Crippen LogP contribution in [-0.4, -0.2) is 14.7 Å². The van der Waals surface area contributed by atoms with Gasteiger partial charge in [-0.05, 0) is 26.0 Å². The number of aryl methyl sites for hydroxylation is 1. The standard InChI is InChI=1S/C13H14BrClN2O/c1-3-17-7-6-16-12(17)13(2,18)10-5-4-9(14)8-11(10)15/h4-8,18H,3H2,1-2H3. The third-order valence-electron chi connectivity index (χ3n) is 2.95. The Morgan fingerprint density at radius 1 is 1.50 bits per heavy atom.